The number of hydrogen-bond donors (Lipinski definition) is 1. The van der Waals surface area contributed by atoms with Gasteiger partial charge in [-0.25, -0.2) is 0 Å². The molecule has 4 heteroatoms. The molecule has 1 aromatic carbocycles. The van der Waals surface area contributed by atoms with Crippen LogP contribution in [0.1, 0.15) is 30.9 Å². The largest absolute Gasteiger partial charge is 0.325 e. The average molecular weight is 298 g/mol. The average Bonchev–Trinajstić information content (AvgIpc) is 2.20. The monoisotopic (exact) mass is 297 g/mol. The normalized spacial score (nSPS) is 10.1. The SMILES string of the molecule is CC(=O)CCC(=O)Nc1c(C)cc(C)cc1Br. The predicted molar refractivity (Wildman–Crippen MR) is 72.2 cm³/mol. The number of rotatable bonds is 4. The predicted octanol–water partition coefficient (Wildman–Crippen LogP) is 3.37. The summed E-state index contributed by atoms with van der Waals surface area (Å²) in [5, 5.41) is 2.82. The molecule has 0 fully saturated rings. The quantitative estimate of drug-likeness (QED) is 0.926. The van der Waals surface area contributed by atoms with Crippen molar-refractivity contribution in [1.82, 2.24) is 0 Å². The molecule has 0 radical (unpaired) electrons. The number of amides is 1. The van der Waals surface area contributed by atoms with Crippen molar-refractivity contribution in [3.63, 3.8) is 0 Å². The second kappa shape index (κ2) is 5.96. The molecule has 3 nitrogen and oxygen atoms in total. The highest BCUT2D eigenvalue weighted by Gasteiger charge is 2.09. The van der Waals surface area contributed by atoms with Gasteiger partial charge < -0.3 is 10.1 Å². The van der Waals surface area contributed by atoms with Crippen LogP contribution in [0.25, 0.3) is 0 Å². The van der Waals surface area contributed by atoms with Crippen LogP contribution in [-0.2, 0) is 9.59 Å². The molecule has 1 aromatic rings. The summed E-state index contributed by atoms with van der Waals surface area (Å²) in [6.07, 6.45) is 0.517. The van der Waals surface area contributed by atoms with Gasteiger partial charge in [0.25, 0.3) is 0 Å². The summed E-state index contributed by atoms with van der Waals surface area (Å²) >= 11 is 3.42. The lowest BCUT2D eigenvalue weighted by molar-refractivity contribution is -0.121. The topological polar surface area (TPSA) is 46.2 Å². The Morgan fingerprint density at radius 3 is 2.41 bits per heavy atom. The van der Waals surface area contributed by atoms with Crippen molar-refractivity contribution in [1.29, 1.82) is 0 Å². The minimum Gasteiger partial charge on any atom is -0.325 e. The molecule has 0 bridgehead atoms. The van der Waals surface area contributed by atoms with E-state index in [9.17, 15) is 9.59 Å². The van der Waals surface area contributed by atoms with Gasteiger partial charge >= 0.3 is 0 Å². The Morgan fingerprint density at radius 2 is 1.88 bits per heavy atom. The van der Waals surface area contributed by atoms with E-state index in [0.29, 0.717) is 0 Å². The van der Waals surface area contributed by atoms with Crippen LogP contribution < -0.4 is 5.32 Å². The van der Waals surface area contributed by atoms with Gasteiger partial charge in [-0.2, -0.15) is 0 Å². The first-order valence-electron chi connectivity index (χ1n) is 5.46. The van der Waals surface area contributed by atoms with Crippen LogP contribution in [0.2, 0.25) is 0 Å². The summed E-state index contributed by atoms with van der Waals surface area (Å²) in [6, 6.07) is 3.96. The standard InChI is InChI=1S/C13H16BrNO2/c1-8-6-9(2)13(11(14)7-8)15-12(17)5-4-10(3)16/h6-7H,4-5H2,1-3H3,(H,15,17). The first-order valence-corrected chi connectivity index (χ1v) is 6.25. The number of ketones is 1. The van der Waals surface area contributed by atoms with Crippen LogP contribution in [-0.4, -0.2) is 11.7 Å². The zero-order chi connectivity index (χ0) is 13.0. The summed E-state index contributed by atoms with van der Waals surface area (Å²) in [6.45, 7) is 5.43. The van der Waals surface area contributed by atoms with Crippen molar-refractivity contribution in [3.8, 4) is 0 Å². The molecule has 0 aliphatic heterocycles. The van der Waals surface area contributed by atoms with E-state index in [1.165, 1.54) is 6.92 Å². The van der Waals surface area contributed by atoms with Gasteiger partial charge in [0.1, 0.15) is 5.78 Å². The number of benzene rings is 1. The van der Waals surface area contributed by atoms with Crippen molar-refractivity contribution in [2.24, 2.45) is 0 Å². The Morgan fingerprint density at radius 1 is 1.24 bits per heavy atom. The Labute approximate surface area is 110 Å². The lowest BCUT2D eigenvalue weighted by atomic mass is 10.1. The number of halogens is 1. The Balaban J connectivity index is 2.75. The van der Waals surface area contributed by atoms with E-state index in [-0.39, 0.29) is 24.5 Å². The summed E-state index contributed by atoms with van der Waals surface area (Å²) in [7, 11) is 0. The molecule has 0 unspecified atom stereocenters. The second-order valence-electron chi connectivity index (χ2n) is 4.19. The van der Waals surface area contributed by atoms with Crippen molar-refractivity contribution in [2.75, 3.05) is 5.32 Å². The Bertz CT molecular complexity index is 432. The summed E-state index contributed by atoms with van der Waals surface area (Å²) in [4.78, 5) is 22.4. The molecule has 1 amide bonds. The van der Waals surface area contributed by atoms with Crippen LogP contribution >= 0.6 is 15.9 Å². The maximum atomic E-state index is 11.6. The molecular weight excluding hydrogens is 282 g/mol. The zero-order valence-corrected chi connectivity index (χ0v) is 11.8. The number of aryl methyl sites for hydroxylation is 2. The molecule has 1 rings (SSSR count). The maximum absolute atomic E-state index is 11.6. The van der Waals surface area contributed by atoms with Crippen molar-refractivity contribution in [2.45, 2.75) is 33.6 Å². The van der Waals surface area contributed by atoms with E-state index in [0.717, 1.165) is 21.3 Å². The van der Waals surface area contributed by atoms with E-state index >= 15 is 0 Å². The zero-order valence-electron chi connectivity index (χ0n) is 10.3. The third-order valence-electron chi connectivity index (χ3n) is 2.40. The highest BCUT2D eigenvalue weighted by atomic mass is 79.9. The van der Waals surface area contributed by atoms with Gasteiger partial charge in [-0.1, -0.05) is 6.07 Å². The van der Waals surface area contributed by atoms with Gasteiger partial charge in [0.15, 0.2) is 0 Å². The molecule has 0 spiro atoms. The highest BCUT2D eigenvalue weighted by molar-refractivity contribution is 9.10. The highest BCUT2D eigenvalue weighted by Crippen LogP contribution is 2.27. The number of carbonyl (C=O) groups is 2. The number of hydrogen-bond acceptors (Lipinski definition) is 2. The van der Waals surface area contributed by atoms with Crippen LogP contribution in [0, 0.1) is 13.8 Å². The van der Waals surface area contributed by atoms with Crippen LogP contribution in [0.15, 0.2) is 16.6 Å². The fraction of sp³-hybridized carbons (Fsp3) is 0.385. The van der Waals surface area contributed by atoms with Gasteiger partial charge in [-0.15, -0.1) is 0 Å². The van der Waals surface area contributed by atoms with E-state index < -0.39 is 0 Å². The van der Waals surface area contributed by atoms with E-state index in [2.05, 4.69) is 21.2 Å². The van der Waals surface area contributed by atoms with Gasteiger partial charge in [0.2, 0.25) is 5.91 Å². The lowest BCUT2D eigenvalue weighted by Gasteiger charge is -2.11. The second-order valence-corrected chi connectivity index (χ2v) is 5.04. The van der Waals surface area contributed by atoms with Gasteiger partial charge in [0, 0.05) is 17.3 Å². The van der Waals surface area contributed by atoms with Gasteiger partial charge in [-0.3, -0.25) is 4.79 Å². The van der Waals surface area contributed by atoms with E-state index in [1.54, 1.807) is 0 Å². The number of nitrogens with one attached hydrogen (secondary N) is 1. The molecule has 17 heavy (non-hydrogen) atoms. The molecule has 0 atom stereocenters. The Kier molecular flexibility index (Phi) is 4.87. The Hall–Kier alpha value is -1.16. The fourth-order valence-electron chi connectivity index (χ4n) is 1.57. The first kappa shape index (κ1) is 13.9. The van der Waals surface area contributed by atoms with Gasteiger partial charge in [-0.05, 0) is 53.9 Å². The van der Waals surface area contributed by atoms with Gasteiger partial charge in [0.05, 0.1) is 5.69 Å². The van der Waals surface area contributed by atoms with Crippen molar-refractivity contribution in [3.05, 3.63) is 27.7 Å². The third-order valence-corrected chi connectivity index (χ3v) is 3.03. The van der Waals surface area contributed by atoms with E-state index in [1.807, 2.05) is 26.0 Å². The van der Waals surface area contributed by atoms with Crippen molar-refractivity contribution >= 4 is 33.3 Å². The lowest BCUT2D eigenvalue weighted by Crippen LogP contribution is -2.14. The maximum Gasteiger partial charge on any atom is 0.224 e. The summed E-state index contributed by atoms with van der Waals surface area (Å²) in [5.74, 6) is -0.104. The number of anilines is 1. The molecule has 0 heterocycles. The molecular formula is C13H16BrNO2. The third kappa shape index (κ3) is 4.30. The molecule has 0 aliphatic carbocycles. The van der Waals surface area contributed by atoms with Crippen LogP contribution in [0.4, 0.5) is 5.69 Å². The molecule has 0 aromatic heterocycles. The minimum absolute atomic E-state index is 0.0276. The van der Waals surface area contributed by atoms with E-state index in [4.69, 9.17) is 0 Å². The molecule has 92 valence electrons. The van der Waals surface area contributed by atoms with Crippen LogP contribution in [0.3, 0.4) is 0 Å². The fourth-order valence-corrected chi connectivity index (χ4v) is 2.34. The first-order chi connectivity index (χ1) is 7.90. The van der Waals surface area contributed by atoms with Crippen molar-refractivity contribution < 1.29 is 9.59 Å². The minimum atomic E-state index is -0.132. The number of Topliss-reactive ketones (excluding diaryl/α,β-unsaturated/α-hetero) is 1. The molecule has 1 N–H and O–H groups in total. The molecule has 0 aliphatic rings. The smallest absolute Gasteiger partial charge is 0.224 e. The molecule has 0 saturated carbocycles. The molecule has 0 saturated heterocycles. The summed E-state index contributed by atoms with van der Waals surface area (Å²) < 4.78 is 0.867. The van der Waals surface area contributed by atoms with Crippen LogP contribution in [0.5, 0.6) is 0 Å². The number of carbonyl (C=O) groups excluding carboxylic acids is 2. The summed E-state index contributed by atoms with van der Waals surface area (Å²) in [5.41, 5.74) is 2.92.